The van der Waals surface area contributed by atoms with Gasteiger partial charge >= 0.3 is 11.9 Å². The van der Waals surface area contributed by atoms with E-state index in [1.54, 1.807) is 0 Å². The van der Waals surface area contributed by atoms with E-state index in [4.69, 9.17) is 9.47 Å². The molecule has 0 fully saturated rings. The van der Waals surface area contributed by atoms with Gasteiger partial charge in [-0.2, -0.15) is 0 Å². The summed E-state index contributed by atoms with van der Waals surface area (Å²) in [5, 5.41) is 9.59. The summed E-state index contributed by atoms with van der Waals surface area (Å²) in [6.07, 6.45) is 69.9. The van der Waals surface area contributed by atoms with Crippen molar-refractivity contribution in [2.75, 3.05) is 13.2 Å². The molecule has 1 atom stereocenters. The number of unbranched alkanes of at least 4 members (excludes halogenated alkanes) is 12. The summed E-state index contributed by atoms with van der Waals surface area (Å²) in [6, 6.07) is 0. The van der Waals surface area contributed by atoms with Gasteiger partial charge in [-0.25, -0.2) is 0 Å². The molecule has 0 amide bonds. The highest BCUT2D eigenvalue weighted by molar-refractivity contribution is 5.70. The minimum Gasteiger partial charge on any atom is -0.462 e. The lowest BCUT2D eigenvalue weighted by Gasteiger charge is -2.15. The van der Waals surface area contributed by atoms with Crippen molar-refractivity contribution < 1.29 is 24.2 Å². The molecule has 0 aliphatic rings. The molecule has 0 aliphatic heterocycles. The van der Waals surface area contributed by atoms with Gasteiger partial charge in [-0.3, -0.25) is 9.59 Å². The van der Waals surface area contributed by atoms with Crippen LogP contribution < -0.4 is 0 Å². The minimum absolute atomic E-state index is 0.105. The zero-order chi connectivity index (χ0) is 42.1. The molecular weight excluding hydrogens is 717 g/mol. The first-order valence-electron chi connectivity index (χ1n) is 23.1. The van der Waals surface area contributed by atoms with E-state index in [1.165, 1.54) is 57.8 Å². The van der Waals surface area contributed by atoms with Gasteiger partial charge in [0, 0.05) is 12.8 Å². The largest absolute Gasteiger partial charge is 0.462 e. The summed E-state index contributed by atoms with van der Waals surface area (Å²) in [4.78, 5) is 24.4. The number of hydrogen-bond donors (Lipinski definition) is 1. The van der Waals surface area contributed by atoms with E-state index >= 15 is 0 Å². The van der Waals surface area contributed by atoms with Crippen LogP contribution in [0.2, 0.25) is 0 Å². The van der Waals surface area contributed by atoms with Gasteiger partial charge in [-0.05, 0) is 103 Å². The molecular formula is C53H84O5. The monoisotopic (exact) mass is 801 g/mol. The summed E-state index contributed by atoms with van der Waals surface area (Å²) in [5.41, 5.74) is 0. The van der Waals surface area contributed by atoms with Crippen molar-refractivity contribution in [1.29, 1.82) is 0 Å². The molecule has 0 aliphatic carbocycles. The molecule has 0 heterocycles. The Labute approximate surface area is 356 Å². The highest BCUT2D eigenvalue weighted by Crippen LogP contribution is 2.11. The van der Waals surface area contributed by atoms with Crippen LogP contribution in [0.1, 0.15) is 181 Å². The fraction of sp³-hybridized carbons (Fsp3) is 0.585. The molecule has 0 bridgehead atoms. The number of carbonyl (C=O) groups is 2. The van der Waals surface area contributed by atoms with Crippen LogP contribution in [0.4, 0.5) is 0 Å². The number of ether oxygens (including phenoxy) is 2. The Bertz CT molecular complexity index is 1220. The van der Waals surface area contributed by atoms with Crippen molar-refractivity contribution in [3.63, 3.8) is 0 Å². The lowest BCUT2D eigenvalue weighted by molar-refractivity contribution is -0.161. The zero-order valence-electron chi connectivity index (χ0n) is 37.0. The van der Waals surface area contributed by atoms with E-state index < -0.39 is 6.10 Å². The van der Waals surface area contributed by atoms with Crippen molar-refractivity contribution in [1.82, 2.24) is 0 Å². The van der Waals surface area contributed by atoms with Crippen molar-refractivity contribution in [2.45, 2.75) is 187 Å². The molecule has 0 radical (unpaired) electrons. The Hall–Kier alpha value is -3.70. The SMILES string of the molecule is CC/C=C\C/C=C\C/C=C\C/C=C\C/C=C\C/C=C\C/C=C\CCCC(=O)OC(CO)COC(=O)CCCCCCCC/C=C\C/C=C\C/C=C\CCCCCCC. The van der Waals surface area contributed by atoms with Crippen molar-refractivity contribution in [3.05, 3.63) is 122 Å². The van der Waals surface area contributed by atoms with Crippen molar-refractivity contribution in [2.24, 2.45) is 0 Å². The molecule has 0 aromatic rings. The first-order valence-corrected chi connectivity index (χ1v) is 23.1. The number of aliphatic hydroxyl groups excluding tert-OH is 1. The number of esters is 2. The molecule has 1 N–H and O–H groups in total. The smallest absolute Gasteiger partial charge is 0.306 e. The average molecular weight is 801 g/mol. The van der Waals surface area contributed by atoms with Crippen LogP contribution in [0.3, 0.4) is 0 Å². The van der Waals surface area contributed by atoms with Gasteiger partial charge in [-0.1, -0.05) is 187 Å². The molecule has 326 valence electrons. The van der Waals surface area contributed by atoms with Gasteiger partial charge in [0.15, 0.2) is 6.10 Å². The zero-order valence-corrected chi connectivity index (χ0v) is 37.0. The second-order valence-corrected chi connectivity index (χ2v) is 14.7. The van der Waals surface area contributed by atoms with Gasteiger partial charge in [0.25, 0.3) is 0 Å². The van der Waals surface area contributed by atoms with Gasteiger partial charge in [0.2, 0.25) is 0 Å². The second kappa shape index (κ2) is 47.7. The van der Waals surface area contributed by atoms with Crippen LogP contribution in [0.25, 0.3) is 0 Å². The van der Waals surface area contributed by atoms with Crippen molar-refractivity contribution in [3.8, 4) is 0 Å². The minimum atomic E-state index is -0.818. The Morgan fingerprint density at radius 2 is 0.759 bits per heavy atom. The Morgan fingerprint density at radius 1 is 0.414 bits per heavy atom. The predicted octanol–water partition coefficient (Wildman–Crippen LogP) is 15.2. The quantitative estimate of drug-likeness (QED) is 0.0380. The molecule has 0 aromatic heterocycles. The third-order valence-corrected chi connectivity index (χ3v) is 9.24. The summed E-state index contributed by atoms with van der Waals surface area (Å²) in [7, 11) is 0. The topological polar surface area (TPSA) is 72.8 Å². The summed E-state index contributed by atoms with van der Waals surface area (Å²) >= 11 is 0. The van der Waals surface area contributed by atoms with Gasteiger partial charge < -0.3 is 14.6 Å². The van der Waals surface area contributed by atoms with E-state index in [1.807, 2.05) is 0 Å². The Balaban J connectivity index is 3.72. The lowest BCUT2D eigenvalue weighted by atomic mass is 10.1. The third-order valence-electron chi connectivity index (χ3n) is 9.24. The first kappa shape index (κ1) is 54.3. The van der Waals surface area contributed by atoms with E-state index in [-0.39, 0.29) is 31.6 Å². The van der Waals surface area contributed by atoms with E-state index in [0.717, 1.165) is 89.9 Å². The molecule has 1 unspecified atom stereocenters. The molecule has 0 aromatic carbocycles. The Kier molecular flexibility index (Phi) is 44.6. The second-order valence-electron chi connectivity index (χ2n) is 14.7. The van der Waals surface area contributed by atoms with Crippen molar-refractivity contribution >= 4 is 11.9 Å². The van der Waals surface area contributed by atoms with Gasteiger partial charge in [-0.15, -0.1) is 0 Å². The summed E-state index contributed by atoms with van der Waals surface area (Å²) in [5.74, 6) is -0.686. The van der Waals surface area contributed by atoms with Crippen LogP contribution in [0, 0.1) is 0 Å². The summed E-state index contributed by atoms with van der Waals surface area (Å²) in [6.45, 7) is 3.94. The maximum Gasteiger partial charge on any atom is 0.306 e. The van der Waals surface area contributed by atoms with Crippen LogP contribution in [0.5, 0.6) is 0 Å². The molecule has 0 saturated carbocycles. The summed E-state index contributed by atoms with van der Waals surface area (Å²) < 4.78 is 10.6. The molecule has 5 nitrogen and oxygen atoms in total. The Morgan fingerprint density at radius 3 is 1.17 bits per heavy atom. The van der Waals surface area contributed by atoms with Gasteiger partial charge in [0.1, 0.15) is 6.61 Å². The highest BCUT2D eigenvalue weighted by Gasteiger charge is 2.16. The maximum atomic E-state index is 12.2. The highest BCUT2D eigenvalue weighted by atomic mass is 16.6. The fourth-order valence-corrected chi connectivity index (χ4v) is 5.78. The third kappa shape index (κ3) is 45.0. The number of rotatable bonds is 40. The normalized spacial score (nSPS) is 13.4. The standard InChI is InChI=1S/C53H84O5/c1-3-5-7-9-11-13-15-17-19-21-23-25-26-28-30-32-34-36-38-40-42-44-46-48-53(56)58-51(49-54)50-57-52(55)47-45-43-41-39-37-35-33-31-29-27-24-22-20-18-16-14-12-10-8-6-4-2/h5,7,11,13,16-19,22-25,28-31,34,36,40,42,51,54H,3-4,6,8-10,12,14-15,20-21,26-27,32-33,35,37-39,41,43-50H2,1-2H3/b7-5-,13-11-,18-16-,19-17-,24-22-,25-23-,30-28-,31-29-,36-34-,42-40-. The maximum absolute atomic E-state index is 12.2. The van der Waals surface area contributed by atoms with Crippen LogP contribution in [-0.4, -0.2) is 36.4 Å². The molecule has 0 saturated heterocycles. The number of hydrogen-bond acceptors (Lipinski definition) is 5. The van der Waals surface area contributed by atoms with Gasteiger partial charge in [0.05, 0.1) is 6.61 Å². The predicted molar refractivity (Wildman–Crippen MR) is 251 cm³/mol. The lowest BCUT2D eigenvalue weighted by Crippen LogP contribution is -2.28. The number of aliphatic hydroxyl groups is 1. The van der Waals surface area contributed by atoms with Crippen LogP contribution >= 0.6 is 0 Å². The number of allylic oxidation sites excluding steroid dienone is 20. The van der Waals surface area contributed by atoms with E-state index in [9.17, 15) is 14.7 Å². The fourth-order valence-electron chi connectivity index (χ4n) is 5.78. The molecule has 0 spiro atoms. The average Bonchev–Trinajstić information content (AvgIpc) is 3.23. The van der Waals surface area contributed by atoms with E-state index in [2.05, 4.69) is 135 Å². The first-order chi connectivity index (χ1) is 28.6. The molecule has 0 rings (SSSR count). The molecule has 58 heavy (non-hydrogen) atoms. The van der Waals surface area contributed by atoms with Crippen LogP contribution in [0.15, 0.2) is 122 Å². The van der Waals surface area contributed by atoms with E-state index in [0.29, 0.717) is 12.8 Å². The molecule has 5 heteroatoms. The number of carbonyl (C=O) groups excluding carboxylic acids is 2. The van der Waals surface area contributed by atoms with Crippen LogP contribution in [-0.2, 0) is 19.1 Å².